The van der Waals surface area contributed by atoms with Gasteiger partial charge in [0.05, 0.1) is 19.0 Å². The normalized spacial score (nSPS) is 12.5. The van der Waals surface area contributed by atoms with Crippen LogP contribution in [0, 0.1) is 5.92 Å². The summed E-state index contributed by atoms with van der Waals surface area (Å²) in [6, 6.07) is 5.12. The number of H-pyrrole nitrogens is 1. The lowest BCUT2D eigenvalue weighted by atomic mass is 10.2. The van der Waals surface area contributed by atoms with Crippen LogP contribution in [0.3, 0.4) is 0 Å². The standard InChI is InChI=1S/C15H21N3O4/c1-10(2)8-21-9-11(19)7-16-15(20)13-6-12(17-18-13)14-4-3-5-22-14/h3-6,10-11,19H,7-9H2,1-2H3,(H,16,20)(H,17,18). The molecular formula is C15H21N3O4. The van der Waals surface area contributed by atoms with Crippen molar-refractivity contribution in [1.82, 2.24) is 15.5 Å². The van der Waals surface area contributed by atoms with E-state index in [1.54, 1.807) is 24.5 Å². The summed E-state index contributed by atoms with van der Waals surface area (Å²) in [7, 11) is 0. The van der Waals surface area contributed by atoms with E-state index in [1.807, 2.05) is 13.8 Å². The van der Waals surface area contributed by atoms with Crippen molar-refractivity contribution in [1.29, 1.82) is 0 Å². The largest absolute Gasteiger partial charge is 0.463 e. The summed E-state index contributed by atoms with van der Waals surface area (Å²) in [5.41, 5.74) is 0.859. The molecule has 0 aliphatic rings. The van der Waals surface area contributed by atoms with E-state index in [9.17, 15) is 9.90 Å². The molecule has 0 aliphatic heterocycles. The molecule has 0 radical (unpaired) electrons. The molecule has 7 heteroatoms. The zero-order chi connectivity index (χ0) is 15.9. The number of aliphatic hydroxyl groups is 1. The van der Waals surface area contributed by atoms with Crippen molar-refractivity contribution in [2.45, 2.75) is 20.0 Å². The van der Waals surface area contributed by atoms with Crippen LogP contribution < -0.4 is 5.32 Å². The predicted molar refractivity (Wildman–Crippen MR) is 80.3 cm³/mol. The zero-order valence-corrected chi connectivity index (χ0v) is 12.7. The first-order valence-corrected chi connectivity index (χ1v) is 7.19. The van der Waals surface area contributed by atoms with E-state index in [-0.39, 0.29) is 24.8 Å². The van der Waals surface area contributed by atoms with Crippen molar-refractivity contribution in [3.8, 4) is 11.5 Å². The van der Waals surface area contributed by atoms with Crippen molar-refractivity contribution >= 4 is 5.91 Å². The summed E-state index contributed by atoms with van der Waals surface area (Å²) in [4.78, 5) is 11.9. The molecule has 1 atom stereocenters. The van der Waals surface area contributed by atoms with Gasteiger partial charge in [-0.1, -0.05) is 13.8 Å². The summed E-state index contributed by atoms with van der Waals surface area (Å²) < 4.78 is 10.5. The number of carbonyl (C=O) groups excluding carboxylic acids is 1. The molecule has 0 aromatic carbocycles. The highest BCUT2D eigenvalue weighted by molar-refractivity contribution is 5.93. The van der Waals surface area contributed by atoms with Gasteiger partial charge in [-0.3, -0.25) is 9.89 Å². The molecule has 22 heavy (non-hydrogen) atoms. The van der Waals surface area contributed by atoms with Gasteiger partial charge in [0.25, 0.3) is 5.91 Å². The number of hydrogen-bond acceptors (Lipinski definition) is 5. The molecule has 1 unspecified atom stereocenters. The van der Waals surface area contributed by atoms with Gasteiger partial charge >= 0.3 is 0 Å². The number of amides is 1. The lowest BCUT2D eigenvalue weighted by Gasteiger charge is -2.12. The topological polar surface area (TPSA) is 100 Å². The number of hydrogen-bond donors (Lipinski definition) is 3. The van der Waals surface area contributed by atoms with Gasteiger partial charge in [0, 0.05) is 19.2 Å². The minimum Gasteiger partial charge on any atom is -0.463 e. The molecule has 1 amide bonds. The van der Waals surface area contributed by atoms with E-state index < -0.39 is 6.10 Å². The van der Waals surface area contributed by atoms with Gasteiger partial charge in [0.1, 0.15) is 5.69 Å². The Labute approximate surface area is 128 Å². The fraction of sp³-hybridized carbons (Fsp3) is 0.467. The molecule has 2 aromatic rings. The number of furan rings is 1. The van der Waals surface area contributed by atoms with Gasteiger partial charge in [0.15, 0.2) is 11.5 Å². The van der Waals surface area contributed by atoms with Crippen molar-refractivity contribution in [2.75, 3.05) is 19.8 Å². The van der Waals surface area contributed by atoms with E-state index in [2.05, 4.69) is 15.5 Å². The molecule has 0 aliphatic carbocycles. The quantitative estimate of drug-likeness (QED) is 0.685. The minimum atomic E-state index is -0.744. The number of aromatic amines is 1. The second-order valence-corrected chi connectivity index (χ2v) is 5.44. The maximum Gasteiger partial charge on any atom is 0.271 e. The highest BCUT2D eigenvalue weighted by atomic mass is 16.5. The molecule has 0 saturated heterocycles. The number of carbonyl (C=O) groups is 1. The first kappa shape index (κ1) is 16.3. The zero-order valence-electron chi connectivity index (χ0n) is 12.7. The Morgan fingerprint density at radius 2 is 2.32 bits per heavy atom. The third-order valence-electron chi connectivity index (χ3n) is 2.86. The molecule has 0 fully saturated rings. The molecule has 2 aromatic heterocycles. The van der Waals surface area contributed by atoms with E-state index in [0.717, 1.165) is 0 Å². The van der Waals surface area contributed by atoms with Crippen LogP contribution in [0.15, 0.2) is 28.9 Å². The average molecular weight is 307 g/mol. The highest BCUT2D eigenvalue weighted by Gasteiger charge is 2.14. The minimum absolute atomic E-state index is 0.111. The van der Waals surface area contributed by atoms with Gasteiger partial charge in [-0.15, -0.1) is 0 Å². The lowest BCUT2D eigenvalue weighted by molar-refractivity contribution is 0.0259. The summed E-state index contributed by atoms with van der Waals surface area (Å²) in [6.07, 6.45) is 0.801. The first-order valence-electron chi connectivity index (χ1n) is 7.19. The summed E-state index contributed by atoms with van der Waals surface area (Å²) in [6.45, 7) is 4.94. The molecule has 2 rings (SSSR count). The SMILES string of the molecule is CC(C)COCC(O)CNC(=O)c1cc(-c2ccco2)[nH]n1. The molecule has 2 heterocycles. The van der Waals surface area contributed by atoms with Crippen molar-refractivity contribution in [3.05, 3.63) is 30.2 Å². The Morgan fingerprint density at radius 3 is 3.00 bits per heavy atom. The summed E-state index contributed by atoms with van der Waals surface area (Å²) in [5.74, 6) is 0.650. The average Bonchev–Trinajstić information content (AvgIpc) is 3.14. The molecule has 7 nitrogen and oxygen atoms in total. The second kappa shape index (κ2) is 7.77. The van der Waals surface area contributed by atoms with Crippen LogP contribution in [0.5, 0.6) is 0 Å². The van der Waals surface area contributed by atoms with Crippen molar-refractivity contribution in [2.24, 2.45) is 5.92 Å². The third kappa shape index (κ3) is 4.71. The fourth-order valence-electron chi connectivity index (χ4n) is 1.80. The van der Waals surface area contributed by atoms with E-state index in [0.29, 0.717) is 24.0 Å². The summed E-state index contributed by atoms with van der Waals surface area (Å²) in [5, 5.41) is 19.0. The second-order valence-electron chi connectivity index (χ2n) is 5.44. The number of nitrogens with one attached hydrogen (secondary N) is 2. The molecule has 0 spiro atoms. The summed E-state index contributed by atoms with van der Waals surface area (Å²) >= 11 is 0. The van der Waals surface area contributed by atoms with Crippen LogP contribution in [-0.4, -0.2) is 47.1 Å². The molecular weight excluding hydrogens is 286 g/mol. The fourth-order valence-corrected chi connectivity index (χ4v) is 1.80. The Bertz CT molecular complexity index is 577. The predicted octanol–water partition coefficient (Wildman–Crippen LogP) is 1.43. The number of aliphatic hydroxyl groups excluding tert-OH is 1. The van der Waals surface area contributed by atoms with E-state index in [4.69, 9.17) is 9.15 Å². The maximum absolute atomic E-state index is 11.9. The molecule has 0 saturated carbocycles. The number of ether oxygens (including phenoxy) is 1. The Balaban J connectivity index is 1.78. The Morgan fingerprint density at radius 1 is 1.50 bits per heavy atom. The van der Waals surface area contributed by atoms with E-state index >= 15 is 0 Å². The van der Waals surface area contributed by atoms with Crippen LogP contribution in [-0.2, 0) is 4.74 Å². The number of nitrogens with zero attached hydrogens (tertiary/aromatic N) is 1. The number of aromatic nitrogens is 2. The van der Waals surface area contributed by atoms with Crippen LogP contribution in [0.25, 0.3) is 11.5 Å². The smallest absolute Gasteiger partial charge is 0.271 e. The lowest BCUT2D eigenvalue weighted by Crippen LogP contribution is -2.35. The van der Waals surface area contributed by atoms with E-state index in [1.165, 1.54) is 0 Å². The van der Waals surface area contributed by atoms with Gasteiger partial charge in [-0.05, 0) is 18.1 Å². The Hall–Kier alpha value is -2.12. The third-order valence-corrected chi connectivity index (χ3v) is 2.86. The van der Waals surface area contributed by atoms with Crippen LogP contribution in [0.2, 0.25) is 0 Å². The van der Waals surface area contributed by atoms with Gasteiger partial charge in [-0.25, -0.2) is 0 Å². The van der Waals surface area contributed by atoms with Crippen LogP contribution >= 0.6 is 0 Å². The first-order chi connectivity index (χ1) is 10.6. The molecule has 120 valence electrons. The van der Waals surface area contributed by atoms with Crippen molar-refractivity contribution < 1.29 is 19.1 Å². The van der Waals surface area contributed by atoms with Gasteiger partial charge in [0.2, 0.25) is 0 Å². The molecule has 0 bridgehead atoms. The Kier molecular flexibility index (Phi) is 5.74. The maximum atomic E-state index is 11.9. The van der Waals surface area contributed by atoms with Gasteiger partial charge in [-0.2, -0.15) is 5.10 Å². The van der Waals surface area contributed by atoms with Gasteiger partial charge < -0.3 is 19.6 Å². The van der Waals surface area contributed by atoms with Crippen LogP contribution in [0.1, 0.15) is 24.3 Å². The highest BCUT2D eigenvalue weighted by Crippen LogP contribution is 2.17. The number of rotatable bonds is 8. The van der Waals surface area contributed by atoms with Crippen LogP contribution in [0.4, 0.5) is 0 Å². The van der Waals surface area contributed by atoms with Crippen molar-refractivity contribution in [3.63, 3.8) is 0 Å². The monoisotopic (exact) mass is 307 g/mol. The molecule has 3 N–H and O–H groups in total.